The highest BCUT2D eigenvalue weighted by Crippen LogP contribution is 2.26. The van der Waals surface area contributed by atoms with Gasteiger partial charge in [0, 0.05) is 57.6 Å². The molecule has 0 unspecified atom stereocenters. The Labute approximate surface area is 176 Å². The Morgan fingerprint density at radius 2 is 1.93 bits per heavy atom. The second kappa shape index (κ2) is 7.31. The lowest BCUT2D eigenvalue weighted by atomic mass is 10.1. The number of aromatic nitrogens is 3. The van der Waals surface area contributed by atoms with Crippen LogP contribution in [0.5, 0.6) is 0 Å². The van der Waals surface area contributed by atoms with E-state index in [1.807, 2.05) is 18.3 Å². The van der Waals surface area contributed by atoms with Crippen LogP contribution in [0.25, 0.3) is 21.9 Å². The summed E-state index contributed by atoms with van der Waals surface area (Å²) in [6.45, 7) is 4.56. The van der Waals surface area contributed by atoms with Crippen LogP contribution in [0.3, 0.4) is 0 Å². The number of anilines is 1. The summed E-state index contributed by atoms with van der Waals surface area (Å²) in [6.07, 6.45) is 2.00. The van der Waals surface area contributed by atoms with Crippen molar-refractivity contribution in [2.45, 2.75) is 6.54 Å². The van der Waals surface area contributed by atoms with Crippen molar-refractivity contribution in [3.05, 3.63) is 69.2 Å². The van der Waals surface area contributed by atoms with Crippen molar-refractivity contribution in [1.29, 1.82) is 0 Å². The number of nitrogens with one attached hydrogen (secondary N) is 1. The summed E-state index contributed by atoms with van der Waals surface area (Å²) < 4.78 is 2.44. The number of nitrogens with zero attached hydrogens (tertiary/aromatic N) is 4. The van der Waals surface area contributed by atoms with Crippen LogP contribution in [0, 0.1) is 0 Å². The van der Waals surface area contributed by atoms with Crippen LogP contribution in [-0.4, -0.2) is 45.6 Å². The number of hydrogen-bond acceptors (Lipinski definition) is 4. The lowest BCUT2D eigenvalue weighted by molar-refractivity contribution is 0.250. The van der Waals surface area contributed by atoms with Crippen molar-refractivity contribution in [2.24, 2.45) is 7.05 Å². The Bertz CT molecular complexity index is 1250. The minimum Gasteiger partial charge on any atom is -0.367 e. The van der Waals surface area contributed by atoms with Gasteiger partial charge < -0.3 is 14.5 Å². The van der Waals surface area contributed by atoms with Gasteiger partial charge in [0.25, 0.3) is 5.56 Å². The smallest absolute Gasteiger partial charge is 0.252 e. The van der Waals surface area contributed by atoms with Crippen LogP contribution in [0.2, 0.25) is 0 Å². The number of halogens is 1. The van der Waals surface area contributed by atoms with Gasteiger partial charge in [-0.3, -0.25) is 9.69 Å². The molecule has 0 spiro atoms. The molecule has 1 aliphatic rings. The minimum absolute atomic E-state index is 0.00234. The summed E-state index contributed by atoms with van der Waals surface area (Å²) in [7, 11) is 1.79. The fraction of sp³-hybridized carbons (Fsp3) is 0.273. The van der Waals surface area contributed by atoms with E-state index >= 15 is 0 Å². The van der Waals surface area contributed by atoms with Crippen molar-refractivity contribution in [2.75, 3.05) is 31.1 Å². The van der Waals surface area contributed by atoms with E-state index < -0.39 is 0 Å². The quantitative estimate of drug-likeness (QED) is 0.484. The number of aryl methyl sites for hydroxylation is 1. The predicted octanol–water partition coefficient (Wildman–Crippen LogP) is 3.50. The predicted molar refractivity (Wildman–Crippen MR) is 120 cm³/mol. The average molecular weight is 452 g/mol. The van der Waals surface area contributed by atoms with Crippen molar-refractivity contribution in [1.82, 2.24) is 19.4 Å². The zero-order chi connectivity index (χ0) is 20.0. The minimum atomic E-state index is -0.00234. The van der Waals surface area contributed by atoms with Crippen molar-refractivity contribution >= 4 is 43.6 Å². The first kappa shape index (κ1) is 18.4. The molecule has 1 saturated heterocycles. The summed E-state index contributed by atoms with van der Waals surface area (Å²) in [4.78, 5) is 25.3. The highest BCUT2D eigenvalue weighted by Gasteiger charge is 2.21. The van der Waals surface area contributed by atoms with Gasteiger partial charge in [-0.2, -0.15) is 0 Å². The van der Waals surface area contributed by atoms with Crippen molar-refractivity contribution in [3.8, 4) is 0 Å². The second-order valence-corrected chi connectivity index (χ2v) is 8.36. The van der Waals surface area contributed by atoms with Gasteiger partial charge in [0.15, 0.2) is 0 Å². The summed E-state index contributed by atoms with van der Waals surface area (Å²) in [5, 5.41) is 1.25. The van der Waals surface area contributed by atoms with E-state index in [4.69, 9.17) is 0 Å². The number of piperazine rings is 1. The Morgan fingerprint density at radius 1 is 1.10 bits per heavy atom. The van der Waals surface area contributed by atoms with Crippen LogP contribution in [-0.2, 0) is 13.6 Å². The van der Waals surface area contributed by atoms with Crippen LogP contribution in [0.15, 0.2) is 58.1 Å². The maximum atomic E-state index is 12.5. The average Bonchev–Trinajstić information content (AvgIpc) is 3.21. The zero-order valence-corrected chi connectivity index (χ0v) is 17.8. The van der Waals surface area contributed by atoms with E-state index in [0.717, 1.165) is 54.0 Å². The molecule has 1 fully saturated rings. The van der Waals surface area contributed by atoms with Gasteiger partial charge in [-0.15, -0.1) is 0 Å². The molecule has 0 atom stereocenters. The molecule has 1 aliphatic heterocycles. The van der Waals surface area contributed by atoms with Crippen LogP contribution in [0.1, 0.15) is 5.56 Å². The number of H-pyrrole nitrogens is 1. The van der Waals surface area contributed by atoms with E-state index in [1.54, 1.807) is 17.7 Å². The number of aromatic amines is 1. The Morgan fingerprint density at radius 3 is 2.76 bits per heavy atom. The normalized spacial score (nSPS) is 15.4. The van der Waals surface area contributed by atoms with E-state index in [-0.39, 0.29) is 5.56 Å². The number of rotatable bonds is 3. The third-order valence-corrected chi connectivity index (χ3v) is 6.26. The summed E-state index contributed by atoms with van der Waals surface area (Å²) >= 11 is 3.47. The highest BCUT2D eigenvalue weighted by atomic mass is 79.9. The summed E-state index contributed by atoms with van der Waals surface area (Å²) in [5.41, 5.74) is 5.20. The monoisotopic (exact) mass is 451 g/mol. The maximum Gasteiger partial charge on any atom is 0.252 e. The standard InChI is InChI=1S/C22H22BrN5O/c1-26-17-5-6-19(23)25-22(17)18(13-20(26)29)28-11-9-27(10-12-28)14-16-4-2-3-15-7-8-24-21(15)16/h2-8,13,24H,9-12,14H2,1H3. The largest absolute Gasteiger partial charge is 0.367 e. The van der Waals surface area contributed by atoms with Gasteiger partial charge in [-0.1, -0.05) is 18.2 Å². The fourth-order valence-electron chi connectivity index (χ4n) is 4.20. The first-order valence-electron chi connectivity index (χ1n) is 9.79. The first-order chi connectivity index (χ1) is 14.1. The van der Waals surface area contributed by atoms with Crippen LogP contribution >= 0.6 is 15.9 Å². The molecule has 0 radical (unpaired) electrons. The molecule has 0 aliphatic carbocycles. The molecule has 4 aromatic rings. The lowest BCUT2D eigenvalue weighted by Gasteiger charge is -2.36. The van der Waals surface area contributed by atoms with Gasteiger partial charge in [0.05, 0.1) is 11.2 Å². The third-order valence-electron chi connectivity index (χ3n) is 5.82. The lowest BCUT2D eigenvalue weighted by Crippen LogP contribution is -2.46. The van der Waals surface area contributed by atoms with Crippen LogP contribution < -0.4 is 10.5 Å². The molecule has 148 valence electrons. The molecule has 4 heterocycles. The number of para-hydroxylation sites is 1. The van der Waals surface area contributed by atoms with E-state index in [2.05, 4.69) is 60.0 Å². The Kier molecular flexibility index (Phi) is 4.64. The first-order valence-corrected chi connectivity index (χ1v) is 10.6. The van der Waals surface area contributed by atoms with Gasteiger partial charge in [-0.25, -0.2) is 4.98 Å². The summed E-state index contributed by atoms with van der Waals surface area (Å²) in [5.74, 6) is 0. The molecule has 0 saturated carbocycles. The number of pyridine rings is 2. The zero-order valence-electron chi connectivity index (χ0n) is 16.2. The van der Waals surface area contributed by atoms with Gasteiger partial charge in [0.1, 0.15) is 10.1 Å². The molecular formula is C22H22BrN5O. The molecule has 0 bridgehead atoms. The molecule has 7 heteroatoms. The number of fused-ring (bicyclic) bond motifs is 2. The molecule has 29 heavy (non-hydrogen) atoms. The molecule has 1 N–H and O–H groups in total. The van der Waals surface area contributed by atoms with E-state index in [9.17, 15) is 4.79 Å². The maximum absolute atomic E-state index is 12.5. The van der Waals surface area contributed by atoms with Gasteiger partial charge >= 0.3 is 0 Å². The number of benzene rings is 1. The molecule has 3 aromatic heterocycles. The third kappa shape index (κ3) is 3.34. The van der Waals surface area contributed by atoms with Gasteiger partial charge in [0.2, 0.25) is 0 Å². The second-order valence-electron chi connectivity index (χ2n) is 7.55. The fourth-order valence-corrected chi connectivity index (χ4v) is 4.51. The molecule has 6 nitrogen and oxygen atoms in total. The highest BCUT2D eigenvalue weighted by molar-refractivity contribution is 9.10. The van der Waals surface area contributed by atoms with E-state index in [0.29, 0.717) is 0 Å². The Hall–Kier alpha value is -2.64. The molecular weight excluding hydrogens is 430 g/mol. The van der Waals surface area contributed by atoms with Crippen LogP contribution in [0.4, 0.5) is 5.69 Å². The van der Waals surface area contributed by atoms with E-state index in [1.165, 1.54) is 16.5 Å². The Balaban J connectivity index is 1.38. The summed E-state index contributed by atoms with van der Waals surface area (Å²) in [6, 6.07) is 14.1. The topological polar surface area (TPSA) is 57.2 Å². The van der Waals surface area contributed by atoms with Crippen molar-refractivity contribution in [3.63, 3.8) is 0 Å². The molecule has 5 rings (SSSR count). The molecule has 0 amide bonds. The number of hydrogen-bond donors (Lipinski definition) is 1. The SMILES string of the molecule is Cn1c(=O)cc(N2CCN(Cc3cccc4cc[nH]c34)CC2)c2nc(Br)ccc21. The molecule has 1 aromatic carbocycles. The van der Waals surface area contributed by atoms with Gasteiger partial charge in [-0.05, 0) is 45.1 Å². The van der Waals surface area contributed by atoms with Crippen molar-refractivity contribution < 1.29 is 0 Å².